The Labute approximate surface area is 159 Å². The molecule has 5 rings (SSSR count). The summed E-state index contributed by atoms with van der Waals surface area (Å²) in [4.78, 5) is 4.67. The molecule has 1 aromatic carbocycles. The van der Waals surface area contributed by atoms with Gasteiger partial charge in [0.25, 0.3) is 0 Å². The van der Waals surface area contributed by atoms with Gasteiger partial charge in [-0.3, -0.25) is 0 Å². The van der Waals surface area contributed by atoms with Crippen molar-refractivity contribution in [3.05, 3.63) is 48.3 Å². The molecule has 6 nitrogen and oxygen atoms in total. The lowest BCUT2D eigenvalue weighted by Crippen LogP contribution is -2.33. The Morgan fingerprint density at radius 3 is 2.52 bits per heavy atom. The van der Waals surface area contributed by atoms with Crippen LogP contribution in [0.15, 0.2) is 42.6 Å². The number of nitrogens with one attached hydrogen (secondary N) is 2. The first-order valence-corrected chi connectivity index (χ1v) is 9.99. The smallest absolute Gasteiger partial charge is 0.177 e. The van der Waals surface area contributed by atoms with E-state index in [0.29, 0.717) is 18.0 Å². The summed E-state index contributed by atoms with van der Waals surface area (Å²) in [5, 5.41) is 12.0. The maximum Gasteiger partial charge on any atom is 0.177 e. The number of hydrogen-bond acceptors (Lipinski definition) is 5. The molecule has 27 heavy (non-hydrogen) atoms. The SMILES string of the molecule is NC1CCC(Nc2cc(Nc3ccccc3)c3ncc(C4CC4)n3n2)CC1. The molecule has 6 heteroatoms. The summed E-state index contributed by atoms with van der Waals surface area (Å²) in [6.45, 7) is 0. The topological polar surface area (TPSA) is 80.3 Å². The maximum atomic E-state index is 6.06. The van der Waals surface area contributed by atoms with Gasteiger partial charge >= 0.3 is 0 Å². The zero-order valence-corrected chi connectivity index (χ0v) is 15.4. The summed E-state index contributed by atoms with van der Waals surface area (Å²) in [5.41, 5.74) is 10.2. The van der Waals surface area contributed by atoms with Crippen molar-refractivity contribution in [3.8, 4) is 0 Å². The third-order valence-electron chi connectivity index (χ3n) is 5.67. The Morgan fingerprint density at radius 1 is 1.00 bits per heavy atom. The van der Waals surface area contributed by atoms with E-state index in [1.807, 2.05) is 28.9 Å². The van der Waals surface area contributed by atoms with E-state index in [-0.39, 0.29) is 0 Å². The van der Waals surface area contributed by atoms with Crippen LogP contribution in [0.1, 0.15) is 50.1 Å². The molecule has 0 aliphatic heterocycles. The van der Waals surface area contributed by atoms with Crippen LogP contribution in [0.4, 0.5) is 17.2 Å². The van der Waals surface area contributed by atoms with E-state index in [4.69, 9.17) is 10.8 Å². The van der Waals surface area contributed by atoms with Crippen LogP contribution >= 0.6 is 0 Å². The fraction of sp³-hybridized carbons (Fsp3) is 0.429. The molecule has 0 amide bonds. The number of anilines is 3. The van der Waals surface area contributed by atoms with Crippen LogP contribution < -0.4 is 16.4 Å². The molecular weight excluding hydrogens is 336 g/mol. The van der Waals surface area contributed by atoms with E-state index in [0.717, 1.165) is 48.5 Å². The standard InChI is InChI=1S/C21H26N6/c22-15-8-10-17(11-9-15)25-20-12-18(24-16-4-2-1-3-5-16)21-23-13-19(14-6-7-14)27(21)26-20/h1-5,12-15,17,24H,6-11,22H2,(H,25,26). The predicted octanol–water partition coefficient (Wildman–Crippen LogP) is 4.03. The molecule has 0 radical (unpaired) electrons. The maximum absolute atomic E-state index is 6.06. The molecule has 2 fully saturated rings. The lowest BCUT2D eigenvalue weighted by Gasteiger charge is -2.27. The van der Waals surface area contributed by atoms with Crippen molar-refractivity contribution >= 4 is 22.8 Å². The number of rotatable bonds is 5. The average molecular weight is 362 g/mol. The van der Waals surface area contributed by atoms with Crippen LogP contribution in [0.2, 0.25) is 0 Å². The molecule has 2 aliphatic rings. The van der Waals surface area contributed by atoms with E-state index < -0.39 is 0 Å². The van der Waals surface area contributed by atoms with Crippen molar-refractivity contribution < 1.29 is 0 Å². The first-order valence-electron chi connectivity index (χ1n) is 9.99. The normalized spacial score (nSPS) is 22.7. The van der Waals surface area contributed by atoms with Crippen molar-refractivity contribution in [2.45, 2.75) is 56.5 Å². The Hall–Kier alpha value is -2.60. The average Bonchev–Trinajstić information content (AvgIpc) is 3.44. The Bertz CT molecular complexity index is 922. The molecule has 0 atom stereocenters. The second-order valence-corrected chi connectivity index (χ2v) is 7.88. The molecule has 2 aliphatic carbocycles. The molecule has 0 saturated heterocycles. The number of nitrogens with two attached hydrogens (primary N) is 1. The van der Waals surface area contributed by atoms with E-state index in [2.05, 4.69) is 33.8 Å². The Kier molecular flexibility index (Phi) is 4.20. The van der Waals surface area contributed by atoms with E-state index in [9.17, 15) is 0 Å². The van der Waals surface area contributed by atoms with E-state index in [1.54, 1.807) is 0 Å². The predicted molar refractivity (Wildman–Crippen MR) is 109 cm³/mol. The van der Waals surface area contributed by atoms with Gasteiger partial charge < -0.3 is 16.4 Å². The van der Waals surface area contributed by atoms with Crippen LogP contribution in [0.3, 0.4) is 0 Å². The van der Waals surface area contributed by atoms with Crippen molar-refractivity contribution in [2.24, 2.45) is 5.73 Å². The van der Waals surface area contributed by atoms with Crippen molar-refractivity contribution in [3.63, 3.8) is 0 Å². The van der Waals surface area contributed by atoms with Gasteiger partial charge in [-0.2, -0.15) is 0 Å². The zero-order chi connectivity index (χ0) is 18.2. The molecule has 2 aromatic heterocycles. The first-order chi connectivity index (χ1) is 13.3. The zero-order valence-electron chi connectivity index (χ0n) is 15.4. The third-order valence-corrected chi connectivity index (χ3v) is 5.67. The number of hydrogen-bond donors (Lipinski definition) is 3. The Balaban J connectivity index is 1.49. The molecule has 140 valence electrons. The summed E-state index contributed by atoms with van der Waals surface area (Å²) in [5.74, 6) is 1.50. The molecule has 2 saturated carbocycles. The number of para-hydroxylation sites is 1. The third kappa shape index (κ3) is 3.49. The monoisotopic (exact) mass is 362 g/mol. The van der Waals surface area contributed by atoms with Crippen molar-refractivity contribution in [1.82, 2.24) is 14.6 Å². The van der Waals surface area contributed by atoms with Gasteiger partial charge in [0, 0.05) is 29.8 Å². The van der Waals surface area contributed by atoms with Gasteiger partial charge in [0.1, 0.15) is 5.82 Å². The lowest BCUT2D eigenvalue weighted by molar-refractivity contribution is 0.410. The number of benzene rings is 1. The summed E-state index contributed by atoms with van der Waals surface area (Å²) in [6, 6.07) is 13.1. The molecule has 2 heterocycles. The van der Waals surface area contributed by atoms with Gasteiger partial charge in [-0.15, -0.1) is 5.10 Å². The summed E-state index contributed by atoms with van der Waals surface area (Å²) >= 11 is 0. The molecule has 3 aromatic rings. The highest BCUT2D eigenvalue weighted by Crippen LogP contribution is 2.40. The van der Waals surface area contributed by atoms with Crippen LogP contribution in [-0.2, 0) is 0 Å². The first kappa shape index (κ1) is 16.6. The van der Waals surface area contributed by atoms with Gasteiger partial charge in [-0.05, 0) is 50.7 Å². The van der Waals surface area contributed by atoms with E-state index >= 15 is 0 Å². The number of nitrogens with zero attached hydrogens (tertiary/aromatic N) is 3. The number of fused-ring (bicyclic) bond motifs is 1. The highest BCUT2D eigenvalue weighted by Gasteiger charge is 2.28. The van der Waals surface area contributed by atoms with Crippen molar-refractivity contribution in [2.75, 3.05) is 10.6 Å². The fourth-order valence-electron chi connectivity index (χ4n) is 3.96. The Morgan fingerprint density at radius 2 is 1.78 bits per heavy atom. The van der Waals surface area contributed by atoms with Gasteiger partial charge in [0.15, 0.2) is 5.65 Å². The lowest BCUT2D eigenvalue weighted by atomic mass is 9.92. The highest BCUT2D eigenvalue weighted by molar-refractivity contribution is 5.76. The van der Waals surface area contributed by atoms with Crippen LogP contribution in [0, 0.1) is 0 Å². The van der Waals surface area contributed by atoms with Crippen molar-refractivity contribution in [1.29, 1.82) is 0 Å². The number of imidazole rings is 1. The largest absolute Gasteiger partial charge is 0.366 e. The summed E-state index contributed by atoms with van der Waals surface area (Å²) in [6.07, 6.45) is 8.80. The molecule has 0 unspecified atom stereocenters. The molecule has 0 bridgehead atoms. The second-order valence-electron chi connectivity index (χ2n) is 7.88. The molecule has 4 N–H and O–H groups in total. The second kappa shape index (κ2) is 6.85. The van der Waals surface area contributed by atoms with Crippen LogP contribution in [0.25, 0.3) is 5.65 Å². The minimum Gasteiger partial charge on any atom is -0.366 e. The van der Waals surface area contributed by atoms with Crippen LogP contribution in [-0.4, -0.2) is 26.7 Å². The fourth-order valence-corrected chi connectivity index (χ4v) is 3.96. The minimum atomic E-state index is 0.351. The van der Waals surface area contributed by atoms with Gasteiger partial charge in [-0.25, -0.2) is 9.50 Å². The molecular formula is C21H26N6. The van der Waals surface area contributed by atoms with Gasteiger partial charge in [0.2, 0.25) is 0 Å². The number of aromatic nitrogens is 3. The summed E-state index contributed by atoms with van der Waals surface area (Å²) in [7, 11) is 0. The summed E-state index contributed by atoms with van der Waals surface area (Å²) < 4.78 is 2.03. The minimum absolute atomic E-state index is 0.351. The highest BCUT2D eigenvalue weighted by atomic mass is 15.3. The quantitative estimate of drug-likeness (QED) is 0.638. The van der Waals surface area contributed by atoms with Crippen LogP contribution in [0.5, 0.6) is 0 Å². The molecule has 0 spiro atoms. The van der Waals surface area contributed by atoms with Gasteiger partial charge in [-0.1, -0.05) is 18.2 Å². The van der Waals surface area contributed by atoms with Gasteiger partial charge in [0.05, 0.1) is 17.6 Å². The van der Waals surface area contributed by atoms with E-state index in [1.165, 1.54) is 18.5 Å².